The van der Waals surface area contributed by atoms with Gasteiger partial charge >= 0.3 is 0 Å². The van der Waals surface area contributed by atoms with Crippen LogP contribution in [0.3, 0.4) is 0 Å². The summed E-state index contributed by atoms with van der Waals surface area (Å²) in [6.07, 6.45) is 1.93. The Labute approximate surface area is 179 Å². The molecule has 0 spiro atoms. The van der Waals surface area contributed by atoms with Crippen LogP contribution in [0.2, 0.25) is 4.34 Å². The van der Waals surface area contributed by atoms with Crippen LogP contribution in [0.1, 0.15) is 28.8 Å². The molecule has 0 saturated carbocycles. The molecule has 1 N–H and O–H groups in total. The van der Waals surface area contributed by atoms with Gasteiger partial charge in [0, 0.05) is 20.1 Å². The largest absolute Gasteiger partial charge is 0.339 e. The van der Waals surface area contributed by atoms with E-state index in [0.29, 0.717) is 28.7 Å². The summed E-state index contributed by atoms with van der Waals surface area (Å²) in [6.45, 7) is 2.81. The number of likely N-dealkylation sites (N-methyl/N-ethyl adjacent to an activating group) is 1. The van der Waals surface area contributed by atoms with Gasteiger partial charge in [0.15, 0.2) is 0 Å². The highest BCUT2D eigenvalue weighted by atomic mass is 35.5. The highest BCUT2D eigenvalue weighted by Gasteiger charge is 2.27. The first kappa shape index (κ1) is 21.8. The third-order valence-corrected chi connectivity index (χ3v) is 8.24. The molecule has 156 valence electrons. The number of hydrogen-bond donors (Lipinski definition) is 1. The monoisotopic (exact) mass is 455 g/mol. The highest BCUT2D eigenvalue weighted by molar-refractivity contribution is 7.91. The number of hydrogen-bond acceptors (Lipinski definition) is 5. The highest BCUT2D eigenvalue weighted by Crippen LogP contribution is 2.28. The van der Waals surface area contributed by atoms with Crippen LogP contribution in [-0.4, -0.2) is 56.1 Å². The lowest BCUT2D eigenvalue weighted by atomic mass is 10.1. The van der Waals surface area contributed by atoms with E-state index in [1.54, 1.807) is 30.0 Å². The number of nitrogens with one attached hydrogen (secondary N) is 1. The molecule has 2 amide bonds. The van der Waals surface area contributed by atoms with Crippen LogP contribution < -0.4 is 5.32 Å². The lowest BCUT2D eigenvalue weighted by molar-refractivity contribution is -0.116. The minimum atomic E-state index is -3.82. The van der Waals surface area contributed by atoms with Crippen molar-refractivity contribution in [1.82, 2.24) is 9.21 Å². The number of thiophene rings is 1. The van der Waals surface area contributed by atoms with E-state index < -0.39 is 15.9 Å². The minimum absolute atomic E-state index is 0.0681. The van der Waals surface area contributed by atoms with Gasteiger partial charge in [-0.1, -0.05) is 23.7 Å². The minimum Gasteiger partial charge on any atom is -0.339 e. The Morgan fingerprint density at radius 3 is 2.52 bits per heavy atom. The maximum atomic E-state index is 12.8. The number of sulfonamides is 1. The summed E-state index contributed by atoms with van der Waals surface area (Å²) in [5, 5.41) is 2.73. The number of likely N-dealkylation sites (tertiary alicyclic amines) is 1. The molecule has 1 fully saturated rings. The van der Waals surface area contributed by atoms with Gasteiger partial charge in [0.2, 0.25) is 5.91 Å². The molecule has 2 heterocycles. The fraction of sp³-hybridized carbons (Fsp3) is 0.368. The zero-order valence-corrected chi connectivity index (χ0v) is 18.5. The molecule has 29 heavy (non-hydrogen) atoms. The maximum Gasteiger partial charge on any atom is 0.255 e. The van der Waals surface area contributed by atoms with Crippen molar-refractivity contribution in [3.05, 3.63) is 45.8 Å². The lowest BCUT2D eigenvalue weighted by Gasteiger charge is -2.20. The summed E-state index contributed by atoms with van der Waals surface area (Å²) in [7, 11) is -2.49. The van der Waals surface area contributed by atoms with Crippen molar-refractivity contribution >= 4 is 50.5 Å². The third-order valence-electron chi connectivity index (χ3n) is 4.74. The van der Waals surface area contributed by atoms with E-state index in [1.165, 1.54) is 19.2 Å². The fourth-order valence-electron chi connectivity index (χ4n) is 3.16. The molecule has 0 atom stereocenters. The second-order valence-electron chi connectivity index (χ2n) is 6.86. The van der Waals surface area contributed by atoms with Gasteiger partial charge in [-0.05, 0) is 43.5 Å². The molecule has 0 unspecified atom stereocenters. The molecule has 0 aliphatic carbocycles. The molecular formula is C19H22ClN3O4S2. The first-order chi connectivity index (χ1) is 13.7. The second-order valence-corrected chi connectivity index (χ2v) is 10.9. The Balaban J connectivity index is 1.76. The summed E-state index contributed by atoms with van der Waals surface area (Å²) in [5.74, 6) is -0.654. The first-order valence-electron chi connectivity index (χ1n) is 9.10. The number of carbonyl (C=O) groups is 2. The SMILES string of the molecule is Cc1cccc(C(=O)N2CCCC2)c1NC(=O)CN(C)S(=O)(=O)c1ccc(Cl)s1. The Morgan fingerprint density at radius 2 is 1.90 bits per heavy atom. The molecule has 2 aromatic rings. The Kier molecular flexibility index (Phi) is 6.62. The lowest BCUT2D eigenvalue weighted by Crippen LogP contribution is -2.35. The van der Waals surface area contributed by atoms with Crippen molar-refractivity contribution in [3.8, 4) is 0 Å². The number of anilines is 1. The number of benzene rings is 1. The van der Waals surface area contributed by atoms with E-state index in [4.69, 9.17) is 11.6 Å². The third kappa shape index (κ3) is 4.80. The number of aryl methyl sites for hydroxylation is 1. The molecule has 1 aliphatic rings. The van der Waals surface area contributed by atoms with Crippen molar-refractivity contribution in [2.24, 2.45) is 0 Å². The van der Waals surface area contributed by atoms with Crippen LogP contribution >= 0.6 is 22.9 Å². The Bertz CT molecular complexity index is 1030. The summed E-state index contributed by atoms with van der Waals surface area (Å²) in [6, 6.07) is 8.15. The van der Waals surface area contributed by atoms with Crippen molar-refractivity contribution in [3.63, 3.8) is 0 Å². The number of carbonyl (C=O) groups excluding carboxylic acids is 2. The Morgan fingerprint density at radius 1 is 1.21 bits per heavy atom. The summed E-state index contributed by atoms with van der Waals surface area (Å²) in [5.41, 5.74) is 1.56. The van der Waals surface area contributed by atoms with Gasteiger partial charge in [0.05, 0.1) is 22.1 Å². The quantitative estimate of drug-likeness (QED) is 0.724. The van der Waals surface area contributed by atoms with E-state index in [-0.39, 0.29) is 16.7 Å². The van der Waals surface area contributed by atoms with Crippen molar-refractivity contribution in [2.75, 3.05) is 32.0 Å². The molecule has 0 radical (unpaired) electrons. The maximum absolute atomic E-state index is 12.8. The molecule has 1 aromatic carbocycles. The zero-order chi connectivity index (χ0) is 21.2. The summed E-state index contributed by atoms with van der Waals surface area (Å²) in [4.78, 5) is 27.2. The molecular weight excluding hydrogens is 434 g/mol. The number of amides is 2. The Hall–Kier alpha value is -1.94. The molecule has 1 aromatic heterocycles. The van der Waals surface area contributed by atoms with Crippen LogP contribution in [0.25, 0.3) is 0 Å². The molecule has 1 saturated heterocycles. The van der Waals surface area contributed by atoms with Gasteiger partial charge in [-0.25, -0.2) is 8.42 Å². The van der Waals surface area contributed by atoms with E-state index in [1.807, 2.05) is 0 Å². The average Bonchev–Trinajstić information content (AvgIpc) is 3.34. The van der Waals surface area contributed by atoms with Crippen molar-refractivity contribution in [2.45, 2.75) is 24.0 Å². The number of para-hydroxylation sites is 1. The van der Waals surface area contributed by atoms with Gasteiger partial charge in [-0.15, -0.1) is 11.3 Å². The number of rotatable bonds is 6. The van der Waals surface area contributed by atoms with Crippen molar-refractivity contribution < 1.29 is 18.0 Å². The normalized spacial score (nSPS) is 14.4. The van der Waals surface area contributed by atoms with Gasteiger partial charge in [-0.3, -0.25) is 9.59 Å². The van der Waals surface area contributed by atoms with Gasteiger partial charge in [0.25, 0.3) is 15.9 Å². The second kappa shape index (κ2) is 8.83. The van der Waals surface area contributed by atoms with E-state index >= 15 is 0 Å². The van der Waals surface area contributed by atoms with Gasteiger partial charge in [-0.2, -0.15) is 4.31 Å². The molecule has 10 heteroatoms. The molecule has 7 nitrogen and oxygen atoms in total. The molecule has 0 bridgehead atoms. The van der Waals surface area contributed by atoms with E-state index in [9.17, 15) is 18.0 Å². The summed E-state index contributed by atoms with van der Waals surface area (Å²) < 4.78 is 26.6. The topological polar surface area (TPSA) is 86.8 Å². The van der Waals surface area contributed by atoms with Crippen LogP contribution in [0.4, 0.5) is 5.69 Å². The number of nitrogens with zero attached hydrogens (tertiary/aromatic N) is 2. The molecule has 1 aliphatic heterocycles. The van der Waals surface area contributed by atoms with Crippen LogP contribution in [-0.2, 0) is 14.8 Å². The predicted molar refractivity (Wildman–Crippen MR) is 114 cm³/mol. The first-order valence-corrected chi connectivity index (χ1v) is 11.7. The van der Waals surface area contributed by atoms with E-state index in [0.717, 1.165) is 34.0 Å². The average molecular weight is 456 g/mol. The smallest absolute Gasteiger partial charge is 0.255 e. The zero-order valence-electron chi connectivity index (χ0n) is 16.1. The summed E-state index contributed by atoms with van der Waals surface area (Å²) >= 11 is 6.75. The van der Waals surface area contributed by atoms with Crippen molar-refractivity contribution in [1.29, 1.82) is 0 Å². The fourth-order valence-corrected chi connectivity index (χ4v) is 5.98. The van der Waals surface area contributed by atoms with Gasteiger partial charge in [0.1, 0.15) is 4.21 Å². The van der Waals surface area contributed by atoms with Gasteiger partial charge < -0.3 is 10.2 Å². The number of halogens is 1. The standard InChI is InChI=1S/C19H22ClN3O4S2/c1-13-6-5-7-14(19(25)23-10-3-4-11-23)18(13)21-16(24)12-22(2)29(26,27)17-9-8-15(20)28-17/h5-9H,3-4,10-12H2,1-2H3,(H,21,24). The van der Waals surface area contributed by atoms with Crippen LogP contribution in [0.15, 0.2) is 34.5 Å². The van der Waals surface area contributed by atoms with Crippen LogP contribution in [0, 0.1) is 6.92 Å². The predicted octanol–water partition coefficient (Wildman–Crippen LogP) is 3.21. The van der Waals surface area contributed by atoms with E-state index in [2.05, 4.69) is 5.32 Å². The van der Waals surface area contributed by atoms with Crippen LogP contribution in [0.5, 0.6) is 0 Å². The molecule has 3 rings (SSSR count).